The number of hydrogen-bond acceptors (Lipinski definition) is 2. The molecule has 6 heteroatoms. The molecular formula is C11H17BrOPS2Tl. The summed E-state index contributed by atoms with van der Waals surface area (Å²) in [6, 6.07) is 8.36. The van der Waals surface area contributed by atoms with Crippen LogP contribution in [-0.2, 0) is 4.52 Å². The fourth-order valence-electron chi connectivity index (χ4n) is 1.43. The molecule has 0 fully saturated rings. The summed E-state index contributed by atoms with van der Waals surface area (Å²) in [6.07, 6.45) is 0.206. The SMILES string of the molecule is CC(C)C(OP(C)[S][Tl])c1ccccc1Br.S. The third-order valence-electron chi connectivity index (χ3n) is 2.23. The molecule has 0 heterocycles. The Labute approximate surface area is 139 Å². The molecule has 0 amide bonds. The van der Waals surface area contributed by atoms with Crippen molar-refractivity contribution in [2.24, 2.45) is 5.92 Å². The summed E-state index contributed by atoms with van der Waals surface area (Å²) >= 11 is 4.56. The minimum atomic E-state index is -0.316. The first-order valence-corrected chi connectivity index (χ1v) is 14.6. The third-order valence-corrected chi connectivity index (χ3v) is 15.3. The number of halogens is 1. The van der Waals surface area contributed by atoms with Crippen molar-refractivity contribution in [1.29, 1.82) is 0 Å². The largest absolute Gasteiger partial charge is 0.197 e. The van der Waals surface area contributed by atoms with Gasteiger partial charge in [0.2, 0.25) is 0 Å². The molecule has 0 spiro atoms. The van der Waals surface area contributed by atoms with Crippen LogP contribution in [0.15, 0.2) is 28.7 Å². The van der Waals surface area contributed by atoms with Gasteiger partial charge in [0.05, 0.1) is 0 Å². The van der Waals surface area contributed by atoms with Gasteiger partial charge < -0.3 is 0 Å². The van der Waals surface area contributed by atoms with E-state index in [1.807, 2.05) is 14.0 Å². The van der Waals surface area contributed by atoms with Crippen molar-refractivity contribution in [1.82, 2.24) is 0 Å². The van der Waals surface area contributed by atoms with Crippen LogP contribution in [0.1, 0.15) is 25.5 Å². The van der Waals surface area contributed by atoms with E-state index in [1.54, 1.807) is 0 Å². The van der Waals surface area contributed by atoms with Gasteiger partial charge in [-0.15, -0.1) is 0 Å². The Morgan fingerprint density at radius 2 is 1.94 bits per heavy atom. The Hall–Kier alpha value is 1.71. The number of benzene rings is 1. The van der Waals surface area contributed by atoms with Crippen LogP contribution in [0.4, 0.5) is 0 Å². The van der Waals surface area contributed by atoms with E-state index in [4.69, 9.17) is 4.52 Å². The van der Waals surface area contributed by atoms with E-state index < -0.39 is 0 Å². The zero-order valence-electron chi connectivity index (χ0n) is 10.2. The maximum atomic E-state index is 6.17. The number of hydrogen-bond donors (Lipinski definition) is 0. The quantitative estimate of drug-likeness (QED) is 0.380. The second-order valence-electron chi connectivity index (χ2n) is 3.84. The topological polar surface area (TPSA) is 9.23 Å². The molecule has 2 unspecified atom stereocenters. The van der Waals surface area contributed by atoms with Gasteiger partial charge in [-0.1, -0.05) is 0 Å². The molecule has 1 rings (SSSR count). The van der Waals surface area contributed by atoms with Gasteiger partial charge in [-0.3, -0.25) is 0 Å². The van der Waals surface area contributed by atoms with Crippen LogP contribution in [-0.4, -0.2) is 30.9 Å². The second-order valence-corrected chi connectivity index (χ2v) is 15.5. The maximum absolute atomic E-state index is 6.17. The molecule has 1 aromatic carbocycles. The molecule has 0 N–H and O–H groups in total. The molecule has 0 bridgehead atoms. The zero-order chi connectivity index (χ0) is 12.1. The van der Waals surface area contributed by atoms with Crippen molar-refractivity contribution in [2.75, 3.05) is 6.66 Å². The minimum absolute atomic E-state index is 0. The Kier molecular flexibility index (Phi) is 10.6. The smallest absolute Gasteiger partial charge is 0.197 e. The molecule has 0 aromatic heterocycles. The van der Waals surface area contributed by atoms with E-state index in [-0.39, 0.29) is 27.0 Å². The van der Waals surface area contributed by atoms with E-state index in [0.29, 0.717) is 5.92 Å². The van der Waals surface area contributed by atoms with Gasteiger partial charge in [0.1, 0.15) is 0 Å². The zero-order valence-corrected chi connectivity index (χ0v) is 19.0. The summed E-state index contributed by atoms with van der Waals surface area (Å²) in [7, 11) is 1.65. The fraction of sp³-hybridized carbons (Fsp3) is 0.455. The Bertz CT molecular complexity index is 341. The van der Waals surface area contributed by atoms with Crippen LogP contribution in [0.2, 0.25) is 0 Å². The Morgan fingerprint density at radius 1 is 1.35 bits per heavy atom. The molecule has 1 nitrogen and oxygen atoms in total. The van der Waals surface area contributed by atoms with Crippen molar-refractivity contribution >= 4 is 69.0 Å². The number of rotatable bonds is 5. The van der Waals surface area contributed by atoms with E-state index >= 15 is 0 Å². The van der Waals surface area contributed by atoms with Crippen molar-refractivity contribution in [3.05, 3.63) is 34.3 Å². The molecule has 1 aromatic rings. The van der Waals surface area contributed by atoms with Crippen LogP contribution in [0.5, 0.6) is 0 Å². The Balaban J connectivity index is 0.00000256. The van der Waals surface area contributed by atoms with Gasteiger partial charge in [-0.05, 0) is 0 Å². The minimum Gasteiger partial charge on any atom is -0.197 e. The van der Waals surface area contributed by atoms with Crippen LogP contribution >= 0.6 is 44.7 Å². The molecule has 0 saturated heterocycles. The van der Waals surface area contributed by atoms with Crippen molar-refractivity contribution in [2.45, 2.75) is 20.0 Å². The third kappa shape index (κ3) is 6.13. The van der Waals surface area contributed by atoms with Crippen LogP contribution < -0.4 is 0 Å². The average Bonchev–Trinajstić information content (AvgIpc) is 2.26. The predicted molar refractivity (Wildman–Crippen MR) is 89.4 cm³/mol. The molecule has 2 atom stereocenters. The van der Waals surface area contributed by atoms with Crippen LogP contribution in [0.3, 0.4) is 0 Å². The van der Waals surface area contributed by atoms with Crippen molar-refractivity contribution in [3.63, 3.8) is 0 Å². The summed E-state index contributed by atoms with van der Waals surface area (Å²) in [4.78, 5) is 0. The van der Waals surface area contributed by atoms with Gasteiger partial charge >= 0.3 is 127 Å². The first-order chi connectivity index (χ1) is 7.56. The molecular weight excluding hydrogens is 528 g/mol. The fourth-order valence-corrected chi connectivity index (χ4v) is 4.83. The molecule has 0 aliphatic heterocycles. The van der Waals surface area contributed by atoms with Gasteiger partial charge in [0, 0.05) is 0 Å². The van der Waals surface area contributed by atoms with E-state index in [0.717, 1.165) is 28.7 Å². The standard InChI is InChI=1S/C11H15BrOPS.H2S.Tl/c1-8(2)11(13-14(3)15)9-6-4-5-7-10(9)12;;/h4-8,11H,1-3H3;1H2;/q-1;;+1. The van der Waals surface area contributed by atoms with Gasteiger partial charge in [0.25, 0.3) is 0 Å². The first kappa shape index (κ1) is 18.7. The molecule has 0 aliphatic rings. The summed E-state index contributed by atoms with van der Waals surface area (Å²) in [5.74, 6) is 0.501. The summed E-state index contributed by atoms with van der Waals surface area (Å²) in [6.45, 7) is 6.63. The van der Waals surface area contributed by atoms with E-state index in [2.05, 4.69) is 54.6 Å². The summed E-state index contributed by atoms with van der Waals surface area (Å²) in [5.41, 5.74) is 1.27. The molecule has 0 radical (unpaired) electrons. The Morgan fingerprint density at radius 3 is 2.41 bits per heavy atom. The monoisotopic (exact) mass is 544 g/mol. The van der Waals surface area contributed by atoms with Crippen molar-refractivity contribution in [3.8, 4) is 0 Å². The van der Waals surface area contributed by atoms with E-state index in [9.17, 15) is 0 Å². The van der Waals surface area contributed by atoms with E-state index in [1.165, 1.54) is 5.56 Å². The van der Waals surface area contributed by atoms with Gasteiger partial charge in [0.15, 0.2) is 0 Å². The van der Waals surface area contributed by atoms with Gasteiger partial charge in [-0.25, -0.2) is 0 Å². The van der Waals surface area contributed by atoms with Crippen LogP contribution in [0.25, 0.3) is 0 Å². The molecule has 94 valence electrons. The molecule has 0 aliphatic carbocycles. The second kappa shape index (κ2) is 9.59. The first-order valence-electron chi connectivity index (χ1n) is 5.08. The average molecular weight is 545 g/mol. The molecule has 0 saturated carbocycles. The summed E-state index contributed by atoms with van der Waals surface area (Å²) in [5, 5.41) is 0. The summed E-state index contributed by atoms with van der Waals surface area (Å²) < 4.78 is 7.32. The van der Waals surface area contributed by atoms with Crippen LogP contribution in [0, 0.1) is 5.92 Å². The predicted octanol–water partition coefficient (Wildman–Crippen LogP) is 5.03. The van der Waals surface area contributed by atoms with Gasteiger partial charge in [-0.2, -0.15) is 13.5 Å². The van der Waals surface area contributed by atoms with Crippen molar-refractivity contribution < 1.29 is 4.52 Å². The normalized spacial score (nSPS) is 14.1. The maximum Gasteiger partial charge on any atom is -0.197 e. The molecule has 17 heavy (non-hydrogen) atoms.